The van der Waals surface area contributed by atoms with Crippen LogP contribution in [-0.2, 0) is 4.79 Å². The topological polar surface area (TPSA) is 49.8 Å². The molecular weight excluding hydrogens is 230 g/mol. The first kappa shape index (κ1) is 12.9. The van der Waals surface area contributed by atoms with E-state index in [1.165, 1.54) is 0 Å². The van der Waals surface area contributed by atoms with Crippen molar-refractivity contribution in [1.82, 2.24) is 4.90 Å². The SMILES string of the molecule is Cc1cc(C)cc(OCC(=O)N2CC[C@@H](O)C2)c1. The minimum Gasteiger partial charge on any atom is -0.484 e. The number of aryl methyl sites for hydroxylation is 2. The van der Waals surface area contributed by atoms with Crippen molar-refractivity contribution < 1.29 is 14.6 Å². The summed E-state index contributed by atoms with van der Waals surface area (Å²) < 4.78 is 5.50. The van der Waals surface area contributed by atoms with Crippen molar-refractivity contribution in [2.24, 2.45) is 0 Å². The van der Waals surface area contributed by atoms with E-state index in [9.17, 15) is 9.90 Å². The lowest BCUT2D eigenvalue weighted by Gasteiger charge is -2.16. The van der Waals surface area contributed by atoms with Gasteiger partial charge in [-0.1, -0.05) is 6.07 Å². The van der Waals surface area contributed by atoms with E-state index in [4.69, 9.17) is 4.74 Å². The van der Waals surface area contributed by atoms with Gasteiger partial charge in [-0.05, 0) is 43.5 Å². The van der Waals surface area contributed by atoms with Gasteiger partial charge >= 0.3 is 0 Å². The zero-order chi connectivity index (χ0) is 13.1. The Labute approximate surface area is 107 Å². The highest BCUT2D eigenvalue weighted by atomic mass is 16.5. The highest BCUT2D eigenvalue weighted by Gasteiger charge is 2.24. The summed E-state index contributed by atoms with van der Waals surface area (Å²) in [5, 5.41) is 9.37. The van der Waals surface area contributed by atoms with E-state index in [0.29, 0.717) is 19.5 Å². The van der Waals surface area contributed by atoms with Gasteiger partial charge in [0.15, 0.2) is 6.61 Å². The Bertz CT molecular complexity index is 424. The third kappa shape index (κ3) is 3.23. The monoisotopic (exact) mass is 249 g/mol. The third-order valence-electron chi connectivity index (χ3n) is 3.07. The van der Waals surface area contributed by atoms with Crippen molar-refractivity contribution in [2.45, 2.75) is 26.4 Å². The molecule has 0 unspecified atom stereocenters. The van der Waals surface area contributed by atoms with E-state index in [2.05, 4.69) is 6.07 Å². The molecule has 0 bridgehead atoms. The lowest BCUT2D eigenvalue weighted by atomic mass is 10.1. The second kappa shape index (κ2) is 5.40. The number of amides is 1. The number of ether oxygens (including phenoxy) is 1. The normalized spacial score (nSPS) is 19.1. The zero-order valence-corrected chi connectivity index (χ0v) is 10.8. The fourth-order valence-electron chi connectivity index (χ4n) is 2.22. The van der Waals surface area contributed by atoms with Crippen molar-refractivity contribution in [3.63, 3.8) is 0 Å². The Kier molecular flexibility index (Phi) is 3.87. The first-order valence-electron chi connectivity index (χ1n) is 6.21. The molecule has 1 atom stereocenters. The lowest BCUT2D eigenvalue weighted by molar-refractivity contribution is -0.132. The summed E-state index contributed by atoms with van der Waals surface area (Å²) in [6.45, 7) is 5.08. The van der Waals surface area contributed by atoms with Crippen molar-refractivity contribution >= 4 is 5.91 Å². The number of aliphatic hydroxyl groups is 1. The maximum absolute atomic E-state index is 11.8. The van der Waals surface area contributed by atoms with Gasteiger partial charge in [0.25, 0.3) is 5.91 Å². The van der Waals surface area contributed by atoms with Crippen LogP contribution in [0.1, 0.15) is 17.5 Å². The van der Waals surface area contributed by atoms with Crippen LogP contribution in [0.3, 0.4) is 0 Å². The predicted octanol–water partition coefficient (Wildman–Crippen LogP) is 1.28. The highest BCUT2D eigenvalue weighted by Crippen LogP contribution is 2.16. The average Bonchev–Trinajstić information content (AvgIpc) is 2.71. The van der Waals surface area contributed by atoms with Crippen LogP contribution in [0.2, 0.25) is 0 Å². The molecule has 1 N–H and O–H groups in total. The minimum absolute atomic E-state index is 0.0373. The van der Waals surface area contributed by atoms with Gasteiger partial charge in [-0.15, -0.1) is 0 Å². The van der Waals surface area contributed by atoms with Gasteiger partial charge in [-0.3, -0.25) is 4.79 Å². The van der Waals surface area contributed by atoms with Crippen molar-refractivity contribution in [3.05, 3.63) is 29.3 Å². The summed E-state index contributed by atoms with van der Waals surface area (Å²) in [7, 11) is 0. The van der Waals surface area contributed by atoms with E-state index in [1.807, 2.05) is 26.0 Å². The van der Waals surface area contributed by atoms with E-state index >= 15 is 0 Å². The number of aliphatic hydroxyl groups excluding tert-OH is 1. The van der Waals surface area contributed by atoms with Crippen LogP contribution in [0.15, 0.2) is 18.2 Å². The largest absolute Gasteiger partial charge is 0.484 e. The van der Waals surface area contributed by atoms with Crippen LogP contribution in [-0.4, -0.2) is 41.7 Å². The molecule has 4 heteroatoms. The summed E-state index contributed by atoms with van der Waals surface area (Å²) in [5.74, 6) is 0.659. The fourth-order valence-corrected chi connectivity index (χ4v) is 2.22. The summed E-state index contributed by atoms with van der Waals surface area (Å²) in [5.41, 5.74) is 2.24. The van der Waals surface area contributed by atoms with Crippen molar-refractivity contribution in [3.8, 4) is 5.75 Å². The third-order valence-corrected chi connectivity index (χ3v) is 3.07. The molecule has 1 saturated heterocycles. The number of nitrogens with zero attached hydrogens (tertiary/aromatic N) is 1. The van der Waals surface area contributed by atoms with Gasteiger partial charge in [-0.2, -0.15) is 0 Å². The predicted molar refractivity (Wildman–Crippen MR) is 68.6 cm³/mol. The van der Waals surface area contributed by atoms with Crippen LogP contribution in [0.4, 0.5) is 0 Å². The standard InChI is InChI=1S/C14H19NO3/c1-10-5-11(2)7-13(6-10)18-9-14(17)15-4-3-12(16)8-15/h5-7,12,16H,3-4,8-9H2,1-2H3/t12-/m1/s1. The maximum atomic E-state index is 11.8. The van der Waals surface area contributed by atoms with Gasteiger partial charge in [-0.25, -0.2) is 0 Å². The Morgan fingerprint density at radius 3 is 2.61 bits per heavy atom. The van der Waals surface area contributed by atoms with Crippen LogP contribution in [0, 0.1) is 13.8 Å². The molecule has 1 aromatic rings. The first-order chi connectivity index (χ1) is 8.54. The molecule has 18 heavy (non-hydrogen) atoms. The number of hydrogen-bond acceptors (Lipinski definition) is 3. The number of hydrogen-bond donors (Lipinski definition) is 1. The number of likely N-dealkylation sites (tertiary alicyclic amines) is 1. The Morgan fingerprint density at radius 1 is 1.39 bits per heavy atom. The summed E-state index contributed by atoms with van der Waals surface area (Å²) in [4.78, 5) is 13.5. The second-order valence-electron chi connectivity index (χ2n) is 4.89. The molecule has 2 rings (SSSR count). The lowest BCUT2D eigenvalue weighted by Crippen LogP contribution is -2.33. The van der Waals surface area contributed by atoms with E-state index in [1.54, 1.807) is 4.90 Å². The molecular formula is C14H19NO3. The van der Waals surface area contributed by atoms with Gasteiger partial charge < -0.3 is 14.7 Å². The minimum atomic E-state index is -0.379. The van der Waals surface area contributed by atoms with Gasteiger partial charge in [0.05, 0.1) is 6.10 Å². The number of β-amino-alcohol motifs (C(OH)–C–C–N with tert-alkyl or cyclic N) is 1. The quantitative estimate of drug-likeness (QED) is 0.877. The fraction of sp³-hybridized carbons (Fsp3) is 0.500. The summed E-state index contributed by atoms with van der Waals surface area (Å²) >= 11 is 0. The molecule has 1 fully saturated rings. The van der Waals surface area contributed by atoms with Gasteiger partial charge in [0.2, 0.25) is 0 Å². The second-order valence-corrected chi connectivity index (χ2v) is 4.89. The molecule has 4 nitrogen and oxygen atoms in total. The highest BCUT2D eigenvalue weighted by molar-refractivity contribution is 5.78. The number of carbonyl (C=O) groups excluding carboxylic acids is 1. The number of rotatable bonds is 3. The van der Waals surface area contributed by atoms with Crippen molar-refractivity contribution in [2.75, 3.05) is 19.7 Å². The first-order valence-corrected chi connectivity index (χ1v) is 6.21. The smallest absolute Gasteiger partial charge is 0.260 e. The molecule has 0 aliphatic carbocycles. The molecule has 1 heterocycles. The average molecular weight is 249 g/mol. The van der Waals surface area contributed by atoms with Crippen LogP contribution in [0.5, 0.6) is 5.75 Å². The zero-order valence-electron chi connectivity index (χ0n) is 10.8. The molecule has 0 saturated carbocycles. The molecule has 1 aliphatic heterocycles. The van der Waals surface area contributed by atoms with Gasteiger partial charge in [0.1, 0.15) is 5.75 Å². The molecule has 0 radical (unpaired) electrons. The Morgan fingerprint density at radius 2 is 2.06 bits per heavy atom. The van der Waals surface area contributed by atoms with E-state index in [-0.39, 0.29) is 18.6 Å². The van der Waals surface area contributed by atoms with Crippen LogP contribution in [0.25, 0.3) is 0 Å². The summed E-state index contributed by atoms with van der Waals surface area (Å²) in [6, 6.07) is 5.89. The summed E-state index contributed by atoms with van der Waals surface area (Å²) in [6.07, 6.45) is 0.283. The molecule has 98 valence electrons. The molecule has 0 spiro atoms. The van der Waals surface area contributed by atoms with Crippen LogP contribution >= 0.6 is 0 Å². The number of benzene rings is 1. The molecule has 0 aromatic heterocycles. The van der Waals surface area contributed by atoms with Crippen LogP contribution < -0.4 is 4.74 Å². The molecule has 1 aliphatic rings. The maximum Gasteiger partial charge on any atom is 0.260 e. The molecule has 1 amide bonds. The Balaban J connectivity index is 1.89. The van der Waals surface area contributed by atoms with Gasteiger partial charge in [0, 0.05) is 13.1 Å². The number of carbonyl (C=O) groups is 1. The molecule has 1 aromatic carbocycles. The van der Waals surface area contributed by atoms with Crippen molar-refractivity contribution in [1.29, 1.82) is 0 Å². The Hall–Kier alpha value is -1.55. The van der Waals surface area contributed by atoms with E-state index in [0.717, 1.165) is 16.9 Å². The van der Waals surface area contributed by atoms with E-state index < -0.39 is 0 Å².